The summed E-state index contributed by atoms with van der Waals surface area (Å²) >= 11 is 6.25. The van der Waals surface area contributed by atoms with Crippen LogP contribution in [0.15, 0.2) is 24.3 Å². The van der Waals surface area contributed by atoms with Gasteiger partial charge in [-0.2, -0.15) is 0 Å². The molecule has 0 saturated carbocycles. The predicted molar refractivity (Wildman–Crippen MR) is 84.8 cm³/mol. The molecule has 0 aromatic heterocycles. The number of halogens is 1. The van der Waals surface area contributed by atoms with Crippen LogP contribution in [0, 0.1) is 5.92 Å². The maximum atomic E-state index is 6.25. The highest BCUT2D eigenvalue weighted by molar-refractivity contribution is 6.31. The van der Waals surface area contributed by atoms with Gasteiger partial charge < -0.3 is 5.32 Å². The van der Waals surface area contributed by atoms with Gasteiger partial charge in [0.05, 0.1) is 0 Å². The fourth-order valence-corrected chi connectivity index (χ4v) is 2.24. The Morgan fingerprint density at radius 2 is 1.79 bits per heavy atom. The number of nitrogens with zero attached hydrogens (tertiary/aromatic N) is 1. The molecule has 1 N–H and O–H groups in total. The third kappa shape index (κ3) is 5.13. The second kappa shape index (κ2) is 7.88. The Kier molecular flexibility index (Phi) is 6.84. The first-order valence-electron chi connectivity index (χ1n) is 7.11. The van der Waals surface area contributed by atoms with Gasteiger partial charge in [0.15, 0.2) is 0 Å². The molecule has 0 heterocycles. The SMILES string of the molecule is CC(C)C(C)NCCN(C)C(C)c1ccccc1Cl. The van der Waals surface area contributed by atoms with Gasteiger partial charge in [-0.25, -0.2) is 0 Å². The monoisotopic (exact) mass is 282 g/mol. The fraction of sp³-hybridized carbons (Fsp3) is 0.625. The Morgan fingerprint density at radius 1 is 1.16 bits per heavy atom. The van der Waals surface area contributed by atoms with Crippen molar-refractivity contribution in [2.24, 2.45) is 5.92 Å². The van der Waals surface area contributed by atoms with E-state index in [1.165, 1.54) is 5.56 Å². The largest absolute Gasteiger partial charge is 0.313 e. The van der Waals surface area contributed by atoms with Crippen LogP contribution >= 0.6 is 11.6 Å². The molecule has 0 aliphatic carbocycles. The summed E-state index contributed by atoms with van der Waals surface area (Å²) in [7, 11) is 2.15. The lowest BCUT2D eigenvalue weighted by Gasteiger charge is -2.27. The highest BCUT2D eigenvalue weighted by Gasteiger charge is 2.14. The van der Waals surface area contributed by atoms with E-state index >= 15 is 0 Å². The summed E-state index contributed by atoms with van der Waals surface area (Å²) in [5, 5.41) is 4.41. The number of hydrogen-bond acceptors (Lipinski definition) is 2. The molecule has 2 atom stereocenters. The molecule has 0 aliphatic rings. The third-order valence-electron chi connectivity index (χ3n) is 3.95. The van der Waals surface area contributed by atoms with E-state index in [-0.39, 0.29) is 0 Å². The number of rotatable bonds is 7. The molecule has 0 bridgehead atoms. The molecule has 0 aliphatic heterocycles. The first-order valence-corrected chi connectivity index (χ1v) is 7.49. The number of hydrogen-bond donors (Lipinski definition) is 1. The Morgan fingerprint density at radius 3 is 2.37 bits per heavy atom. The molecular weight excluding hydrogens is 256 g/mol. The molecule has 1 aromatic rings. The van der Waals surface area contributed by atoms with Crippen molar-refractivity contribution in [1.82, 2.24) is 10.2 Å². The summed E-state index contributed by atoms with van der Waals surface area (Å²) in [5.74, 6) is 0.672. The van der Waals surface area contributed by atoms with E-state index in [0.717, 1.165) is 18.1 Å². The second-order valence-corrected chi connectivity index (χ2v) is 6.07. The van der Waals surface area contributed by atoms with Crippen LogP contribution in [-0.2, 0) is 0 Å². The lowest BCUT2D eigenvalue weighted by molar-refractivity contribution is 0.254. The Bertz CT molecular complexity index is 379. The molecule has 0 radical (unpaired) electrons. The molecule has 3 heteroatoms. The maximum absolute atomic E-state index is 6.25. The van der Waals surface area contributed by atoms with Crippen LogP contribution in [0.5, 0.6) is 0 Å². The minimum absolute atomic E-state index is 0.338. The smallest absolute Gasteiger partial charge is 0.0453 e. The van der Waals surface area contributed by atoms with Gasteiger partial charge in [-0.1, -0.05) is 43.6 Å². The van der Waals surface area contributed by atoms with Gasteiger partial charge in [0.2, 0.25) is 0 Å². The maximum Gasteiger partial charge on any atom is 0.0453 e. The minimum Gasteiger partial charge on any atom is -0.313 e. The molecule has 0 fully saturated rings. The predicted octanol–water partition coefficient (Wildman–Crippen LogP) is 3.97. The Hall–Kier alpha value is -0.570. The average Bonchev–Trinajstić information content (AvgIpc) is 2.38. The highest BCUT2D eigenvalue weighted by Crippen LogP contribution is 2.25. The standard InChI is InChI=1S/C16H27ClN2/c1-12(2)13(3)18-10-11-19(5)14(4)15-8-6-7-9-16(15)17/h6-9,12-14,18H,10-11H2,1-5H3. The summed E-state index contributed by atoms with van der Waals surface area (Å²) in [6, 6.07) is 8.98. The zero-order valence-electron chi connectivity index (χ0n) is 12.8. The fourth-order valence-electron chi connectivity index (χ4n) is 1.95. The molecule has 19 heavy (non-hydrogen) atoms. The van der Waals surface area contributed by atoms with Crippen molar-refractivity contribution in [2.45, 2.75) is 39.8 Å². The van der Waals surface area contributed by atoms with Crippen molar-refractivity contribution in [3.05, 3.63) is 34.9 Å². The van der Waals surface area contributed by atoms with E-state index in [1.807, 2.05) is 18.2 Å². The van der Waals surface area contributed by atoms with Crippen LogP contribution in [-0.4, -0.2) is 31.1 Å². The molecule has 2 unspecified atom stereocenters. The summed E-state index contributed by atoms with van der Waals surface area (Å²) < 4.78 is 0. The first kappa shape index (κ1) is 16.5. The van der Waals surface area contributed by atoms with Gasteiger partial charge in [0.25, 0.3) is 0 Å². The molecule has 0 saturated heterocycles. The minimum atomic E-state index is 0.338. The van der Waals surface area contributed by atoms with Crippen molar-refractivity contribution >= 4 is 11.6 Å². The summed E-state index contributed by atoms with van der Waals surface area (Å²) in [6.07, 6.45) is 0. The second-order valence-electron chi connectivity index (χ2n) is 5.66. The van der Waals surface area contributed by atoms with E-state index in [4.69, 9.17) is 11.6 Å². The van der Waals surface area contributed by atoms with Gasteiger partial charge in [0, 0.05) is 30.2 Å². The zero-order chi connectivity index (χ0) is 14.4. The van der Waals surface area contributed by atoms with Crippen LogP contribution < -0.4 is 5.32 Å². The van der Waals surface area contributed by atoms with Crippen molar-refractivity contribution < 1.29 is 0 Å². The highest BCUT2D eigenvalue weighted by atomic mass is 35.5. The van der Waals surface area contributed by atoms with Crippen LogP contribution in [0.25, 0.3) is 0 Å². The molecule has 0 amide bonds. The lowest BCUT2D eigenvalue weighted by Crippen LogP contribution is -2.37. The lowest BCUT2D eigenvalue weighted by atomic mass is 10.1. The quantitative estimate of drug-likeness (QED) is 0.814. The Balaban J connectivity index is 2.45. The molecule has 1 aromatic carbocycles. The van der Waals surface area contributed by atoms with Crippen molar-refractivity contribution in [3.63, 3.8) is 0 Å². The Labute approximate surface area is 123 Å². The van der Waals surface area contributed by atoms with Gasteiger partial charge >= 0.3 is 0 Å². The van der Waals surface area contributed by atoms with Crippen molar-refractivity contribution in [1.29, 1.82) is 0 Å². The van der Waals surface area contributed by atoms with E-state index in [9.17, 15) is 0 Å². The van der Waals surface area contributed by atoms with E-state index in [2.05, 4.69) is 51.0 Å². The van der Waals surface area contributed by atoms with E-state index < -0.39 is 0 Å². The number of likely N-dealkylation sites (N-methyl/N-ethyl adjacent to an activating group) is 1. The van der Waals surface area contributed by atoms with Crippen molar-refractivity contribution in [2.75, 3.05) is 20.1 Å². The van der Waals surface area contributed by atoms with Crippen LogP contribution in [0.1, 0.15) is 39.3 Å². The first-order chi connectivity index (χ1) is 8.93. The molecule has 0 spiro atoms. The van der Waals surface area contributed by atoms with Crippen molar-refractivity contribution in [3.8, 4) is 0 Å². The van der Waals surface area contributed by atoms with Gasteiger partial charge in [0.1, 0.15) is 0 Å². The van der Waals surface area contributed by atoms with Crippen LogP contribution in [0.4, 0.5) is 0 Å². The van der Waals surface area contributed by atoms with Crippen LogP contribution in [0.3, 0.4) is 0 Å². The van der Waals surface area contributed by atoms with Gasteiger partial charge in [-0.3, -0.25) is 4.90 Å². The molecule has 108 valence electrons. The van der Waals surface area contributed by atoms with Gasteiger partial charge in [-0.05, 0) is 38.4 Å². The van der Waals surface area contributed by atoms with E-state index in [0.29, 0.717) is 18.0 Å². The van der Waals surface area contributed by atoms with Gasteiger partial charge in [-0.15, -0.1) is 0 Å². The topological polar surface area (TPSA) is 15.3 Å². The normalized spacial score (nSPS) is 14.9. The van der Waals surface area contributed by atoms with Crippen LogP contribution in [0.2, 0.25) is 5.02 Å². The summed E-state index contributed by atoms with van der Waals surface area (Å²) in [6.45, 7) is 10.9. The molecule has 1 rings (SSSR count). The average molecular weight is 283 g/mol. The molecular formula is C16H27ClN2. The molecule has 2 nitrogen and oxygen atoms in total. The third-order valence-corrected chi connectivity index (χ3v) is 4.29. The zero-order valence-corrected chi connectivity index (χ0v) is 13.5. The number of benzene rings is 1. The number of nitrogens with one attached hydrogen (secondary N) is 1. The summed E-state index contributed by atoms with van der Waals surface area (Å²) in [4.78, 5) is 2.33. The summed E-state index contributed by atoms with van der Waals surface area (Å²) in [5.41, 5.74) is 1.20. The van der Waals surface area contributed by atoms with E-state index in [1.54, 1.807) is 0 Å².